The van der Waals surface area contributed by atoms with Crippen LogP contribution in [0, 0.1) is 5.92 Å². The molecule has 0 aliphatic carbocycles. The van der Waals surface area contributed by atoms with Crippen molar-refractivity contribution in [3.8, 4) is 5.75 Å². The van der Waals surface area contributed by atoms with Gasteiger partial charge in [-0.15, -0.1) is 0 Å². The molecule has 122 valence electrons. The summed E-state index contributed by atoms with van der Waals surface area (Å²) >= 11 is 0. The molecule has 0 saturated heterocycles. The Morgan fingerprint density at radius 1 is 1.09 bits per heavy atom. The van der Waals surface area contributed by atoms with Crippen LogP contribution < -0.4 is 10.1 Å². The monoisotopic (exact) mass is 315 g/mol. The van der Waals surface area contributed by atoms with E-state index in [1.165, 1.54) is 7.11 Å². The van der Waals surface area contributed by atoms with Gasteiger partial charge in [-0.1, -0.05) is 44.2 Å². The zero-order valence-corrected chi connectivity index (χ0v) is 13.5. The predicted molar refractivity (Wildman–Crippen MR) is 88.2 cm³/mol. The average Bonchev–Trinajstić information content (AvgIpc) is 2.56. The summed E-state index contributed by atoms with van der Waals surface area (Å²) in [5.74, 6) is -0.272. The largest absolute Gasteiger partial charge is 0.484 e. The summed E-state index contributed by atoms with van der Waals surface area (Å²) in [4.78, 5) is 23.6. The lowest BCUT2D eigenvalue weighted by Crippen LogP contribution is -2.46. The maximum Gasteiger partial charge on any atom is 0.328 e. The highest BCUT2D eigenvalue weighted by molar-refractivity contribution is 5.86. The highest BCUT2D eigenvalue weighted by atomic mass is 16.5. The number of fused-ring (bicyclic) bond motifs is 1. The van der Waals surface area contributed by atoms with E-state index in [2.05, 4.69) is 5.32 Å². The van der Waals surface area contributed by atoms with Crippen molar-refractivity contribution in [3.05, 3.63) is 42.5 Å². The summed E-state index contributed by atoms with van der Waals surface area (Å²) in [5, 5.41) is 4.78. The van der Waals surface area contributed by atoms with Gasteiger partial charge in [-0.05, 0) is 28.8 Å². The molecule has 2 aromatic carbocycles. The van der Waals surface area contributed by atoms with Gasteiger partial charge in [-0.3, -0.25) is 4.79 Å². The topological polar surface area (TPSA) is 64.6 Å². The molecular weight excluding hydrogens is 294 g/mol. The number of amides is 1. The summed E-state index contributed by atoms with van der Waals surface area (Å²) in [7, 11) is 1.30. The molecule has 0 spiro atoms. The van der Waals surface area contributed by atoms with Crippen LogP contribution >= 0.6 is 0 Å². The van der Waals surface area contributed by atoms with Crippen molar-refractivity contribution < 1.29 is 19.1 Å². The normalized spacial score (nSPS) is 12.0. The second-order valence-corrected chi connectivity index (χ2v) is 5.61. The Hall–Kier alpha value is -2.56. The number of benzene rings is 2. The van der Waals surface area contributed by atoms with Crippen molar-refractivity contribution in [2.45, 2.75) is 19.9 Å². The fraction of sp³-hybridized carbons (Fsp3) is 0.333. The van der Waals surface area contributed by atoms with E-state index in [4.69, 9.17) is 9.47 Å². The van der Waals surface area contributed by atoms with E-state index in [0.29, 0.717) is 5.75 Å². The van der Waals surface area contributed by atoms with E-state index in [1.54, 1.807) is 0 Å². The van der Waals surface area contributed by atoms with Crippen LogP contribution in [0.2, 0.25) is 0 Å². The second kappa shape index (κ2) is 7.63. The molecule has 2 aromatic rings. The summed E-state index contributed by atoms with van der Waals surface area (Å²) < 4.78 is 10.2. The molecule has 0 aromatic heterocycles. The van der Waals surface area contributed by atoms with E-state index in [1.807, 2.05) is 56.3 Å². The molecule has 0 radical (unpaired) electrons. The molecule has 0 aliphatic heterocycles. The van der Waals surface area contributed by atoms with E-state index >= 15 is 0 Å². The molecule has 1 atom stereocenters. The quantitative estimate of drug-likeness (QED) is 0.832. The highest BCUT2D eigenvalue weighted by Crippen LogP contribution is 2.20. The Morgan fingerprint density at radius 2 is 1.78 bits per heavy atom. The van der Waals surface area contributed by atoms with Crippen molar-refractivity contribution in [2.24, 2.45) is 5.92 Å². The summed E-state index contributed by atoms with van der Waals surface area (Å²) in [5.41, 5.74) is 0. The van der Waals surface area contributed by atoms with Crippen LogP contribution in [-0.4, -0.2) is 31.6 Å². The standard InChI is InChI=1S/C18H21NO4/c1-12(2)17(18(21)22-3)19-16(20)11-23-15-9-8-13-6-4-5-7-14(13)10-15/h4-10,12,17H,11H2,1-3H3,(H,19,20)/t17-/m1/s1. The number of hydrogen-bond donors (Lipinski definition) is 1. The van der Waals surface area contributed by atoms with E-state index < -0.39 is 12.0 Å². The van der Waals surface area contributed by atoms with Crippen molar-refractivity contribution in [3.63, 3.8) is 0 Å². The van der Waals surface area contributed by atoms with Crippen LogP contribution in [0.3, 0.4) is 0 Å². The Morgan fingerprint density at radius 3 is 2.43 bits per heavy atom. The Kier molecular flexibility index (Phi) is 5.57. The summed E-state index contributed by atoms with van der Waals surface area (Å²) in [6.45, 7) is 3.52. The van der Waals surface area contributed by atoms with Crippen LogP contribution in [-0.2, 0) is 14.3 Å². The maximum atomic E-state index is 12.0. The van der Waals surface area contributed by atoms with Gasteiger partial charge in [-0.25, -0.2) is 4.79 Å². The van der Waals surface area contributed by atoms with E-state index in [-0.39, 0.29) is 18.4 Å². The fourth-order valence-electron chi connectivity index (χ4n) is 2.25. The van der Waals surface area contributed by atoms with Crippen LogP contribution in [0.4, 0.5) is 0 Å². The van der Waals surface area contributed by atoms with Crippen molar-refractivity contribution in [1.29, 1.82) is 0 Å². The van der Waals surface area contributed by atoms with Crippen molar-refractivity contribution >= 4 is 22.6 Å². The molecule has 0 fully saturated rings. The SMILES string of the molecule is COC(=O)[C@H](NC(=O)COc1ccc2ccccc2c1)C(C)C. The first-order valence-electron chi connectivity index (χ1n) is 7.50. The first-order valence-corrected chi connectivity index (χ1v) is 7.50. The van der Waals surface area contributed by atoms with E-state index in [0.717, 1.165) is 10.8 Å². The molecule has 0 saturated carbocycles. The third-order valence-corrected chi connectivity index (χ3v) is 3.53. The third kappa shape index (κ3) is 4.45. The smallest absolute Gasteiger partial charge is 0.328 e. The molecule has 1 amide bonds. The Labute approximate surface area is 135 Å². The number of nitrogens with one attached hydrogen (secondary N) is 1. The second-order valence-electron chi connectivity index (χ2n) is 5.61. The van der Waals surface area contributed by atoms with Gasteiger partial charge < -0.3 is 14.8 Å². The van der Waals surface area contributed by atoms with Crippen LogP contribution in [0.5, 0.6) is 5.75 Å². The molecule has 23 heavy (non-hydrogen) atoms. The lowest BCUT2D eigenvalue weighted by Gasteiger charge is -2.19. The van der Waals surface area contributed by atoms with Crippen molar-refractivity contribution in [2.75, 3.05) is 13.7 Å². The summed E-state index contributed by atoms with van der Waals surface area (Å²) in [6.07, 6.45) is 0. The van der Waals surface area contributed by atoms with Crippen LogP contribution in [0.15, 0.2) is 42.5 Å². The number of methoxy groups -OCH3 is 1. The zero-order valence-electron chi connectivity index (χ0n) is 13.5. The number of hydrogen-bond acceptors (Lipinski definition) is 4. The number of ether oxygens (including phenoxy) is 2. The molecule has 1 N–H and O–H groups in total. The molecule has 0 heterocycles. The third-order valence-electron chi connectivity index (χ3n) is 3.53. The van der Waals surface area contributed by atoms with Gasteiger partial charge in [0, 0.05) is 0 Å². The van der Waals surface area contributed by atoms with Gasteiger partial charge >= 0.3 is 5.97 Å². The molecule has 0 unspecified atom stereocenters. The Balaban J connectivity index is 1.95. The zero-order chi connectivity index (χ0) is 16.8. The van der Waals surface area contributed by atoms with Crippen LogP contribution in [0.25, 0.3) is 10.8 Å². The highest BCUT2D eigenvalue weighted by Gasteiger charge is 2.24. The molecule has 0 bridgehead atoms. The minimum absolute atomic E-state index is 0.0629. The molecule has 2 rings (SSSR count). The number of carbonyl (C=O) groups excluding carboxylic acids is 2. The average molecular weight is 315 g/mol. The van der Waals surface area contributed by atoms with Gasteiger partial charge in [0.05, 0.1) is 7.11 Å². The molecule has 0 aliphatic rings. The van der Waals surface area contributed by atoms with Gasteiger partial charge in [0.25, 0.3) is 5.91 Å². The van der Waals surface area contributed by atoms with Gasteiger partial charge in [0.15, 0.2) is 6.61 Å². The first-order chi connectivity index (χ1) is 11.0. The predicted octanol–water partition coefficient (Wildman–Crippen LogP) is 2.53. The van der Waals surface area contributed by atoms with Gasteiger partial charge in [0.2, 0.25) is 0 Å². The number of rotatable bonds is 6. The number of carbonyl (C=O) groups is 2. The van der Waals surface area contributed by atoms with Gasteiger partial charge in [-0.2, -0.15) is 0 Å². The Bertz CT molecular complexity index is 696. The minimum atomic E-state index is -0.673. The molecule has 5 nitrogen and oxygen atoms in total. The number of esters is 1. The molecule has 5 heteroatoms. The maximum absolute atomic E-state index is 12.0. The summed E-state index contributed by atoms with van der Waals surface area (Å²) in [6, 6.07) is 12.9. The van der Waals surface area contributed by atoms with Gasteiger partial charge in [0.1, 0.15) is 11.8 Å². The van der Waals surface area contributed by atoms with E-state index in [9.17, 15) is 9.59 Å². The van der Waals surface area contributed by atoms with Crippen molar-refractivity contribution in [1.82, 2.24) is 5.32 Å². The fourth-order valence-corrected chi connectivity index (χ4v) is 2.25. The lowest BCUT2D eigenvalue weighted by atomic mass is 10.0. The first kappa shape index (κ1) is 16.8. The molecular formula is C18H21NO4. The lowest BCUT2D eigenvalue weighted by molar-refractivity contribution is -0.146. The minimum Gasteiger partial charge on any atom is -0.484 e. The van der Waals surface area contributed by atoms with Crippen LogP contribution in [0.1, 0.15) is 13.8 Å².